The lowest BCUT2D eigenvalue weighted by Gasteiger charge is -2.36. The first-order valence-electron chi connectivity index (χ1n) is 5.90. The second-order valence-corrected chi connectivity index (χ2v) is 4.27. The van der Waals surface area contributed by atoms with Crippen LogP contribution in [0.1, 0.15) is 18.9 Å². The maximum Gasteiger partial charge on any atom is 0.242 e. The Kier molecular flexibility index (Phi) is 3.17. The molecule has 0 aliphatic carbocycles. The third-order valence-electron chi connectivity index (χ3n) is 3.18. The summed E-state index contributed by atoms with van der Waals surface area (Å²) in [6, 6.07) is 1.71. The zero-order valence-corrected chi connectivity index (χ0v) is 10.2. The molecular formula is C12H18N4O. The molecule has 5 heteroatoms. The summed E-state index contributed by atoms with van der Waals surface area (Å²) in [6.07, 6.45) is 2.49. The van der Waals surface area contributed by atoms with Crippen molar-refractivity contribution in [3.8, 4) is 0 Å². The van der Waals surface area contributed by atoms with Crippen LogP contribution < -0.4 is 16.0 Å². The summed E-state index contributed by atoms with van der Waals surface area (Å²) in [6.45, 7) is 5.34. The normalized spacial score (nSPS) is 20.2. The number of anilines is 2. The molecular weight excluding hydrogens is 216 g/mol. The fourth-order valence-electron chi connectivity index (χ4n) is 2.16. The average molecular weight is 234 g/mol. The Balaban J connectivity index is 2.37. The van der Waals surface area contributed by atoms with E-state index < -0.39 is 0 Å². The Morgan fingerprint density at radius 2 is 2.41 bits per heavy atom. The molecule has 1 amide bonds. The van der Waals surface area contributed by atoms with E-state index >= 15 is 0 Å². The van der Waals surface area contributed by atoms with Crippen LogP contribution >= 0.6 is 0 Å². The van der Waals surface area contributed by atoms with E-state index in [4.69, 9.17) is 5.73 Å². The van der Waals surface area contributed by atoms with Crippen molar-refractivity contribution < 1.29 is 4.79 Å². The number of nitrogen functional groups attached to an aromatic ring is 1. The van der Waals surface area contributed by atoms with E-state index in [0.717, 1.165) is 24.3 Å². The summed E-state index contributed by atoms with van der Waals surface area (Å²) >= 11 is 0. The highest BCUT2D eigenvalue weighted by Crippen LogP contribution is 2.26. The molecule has 92 valence electrons. The third kappa shape index (κ3) is 2.05. The lowest BCUT2D eigenvalue weighted by atomic mass is 10.1. The number of nitrogens with one attached hydrogen (secondary N) is 1. The second kappa shape index (κ2) is 4.61. The van der Waals surface area contributed by atoms with Crippen LogP contribution in [0.4, 0.5) is 11.5 Å². The maximum atomic E-state index is 11.8. The number of pyridine rings is 1. The number of nitrogens with zero attached hydrogens (tertiary/aromatic N) is 2. The van der Waals surface area contributed by atoms with Crippen molar-refractivity contribution in [3.63, 3.8) is 0 Å². The van der Waals surface area contributed by atoms with E-state index in [2.05, 4.69) is 10.3 Å². The van der Waals surface area contributed by atoms with E-state index in [1.807, 2.05) is 24.8 Å². The molecule has 2 heterocycles. The van der Waals surface area contributed by atoms with Gasteiger partial charge in [0.1, 0.15) is 6.04 Å². The molecule has 17 heavy (non-hydrogen) atoms. The topological polar surface area (TPSA) is 71.2 Å². The fourth-order valence-corrected chi connectivity index (χ4v) is 2.16. The van der Waals surface area contributed by atoms with Crippen molar-refractivity contribution >= 4 is 17.4 Å². The molecule has 1 fully saturated rings. The van der Waals surface area contributed by atoms with Gasteiger partial charge in [-0.05, 0) is 25.0 Å². The van der Waals surface area contributed by atoms with Crippen LogP contribution in [0, 0.1) is 6.92 Å². The van der Waals surface area contributed by atoms with Crippen LogP contribution in [0.15, 0.2) is 12.3 Å². The van der Waals surface area contributed by atoms with E-state index in [-0.39, 0.29) is 11.9 Å². The van der Waals surface area contributed by atoms with Gasteiger partial charge in [-0.25, -0.2) is 4.98 Å². The highest BCUT2D eigenvalue weighted by atomic mass is 16.2. The van der Waals surface area contributed by atoms with Gasteiger partial charge in [0.25, 0.3) is 0 Å². The molecule has 2 rings (SSSR count). The van der Waals surface area contributed by atoms with Crippen molar-refractivity contribution in [1.82, 2.24) is 10.3 Å². The second-order valence-electron chi connectivity index (χ2n) is 4.27. The lowest BCUT2D eigenvalue weighted by Crippen LogP contribution is -2.55. The smallest absolute Gasteiger partial charge is 0.242 e. The predicted octanol–water partition coefficient (Wildman–Crippen LogP) is 0.687. The van der Waals surface area contributed by atoms with Crippen LogP contribution in [0.3, 0.4) is 0 Å². The number of aryl methyl sites for hydroxylation is 1. The van der Waals surface area contributed by atoms with E-state index in [0.29, 0.717) is 12.2 Å². The van der Waals surface area contributed by atoms with Gasteiger partial charge in [-0.15, -0.1) is 0 Å². The number of nitrogens with two attached hydrogens (primary N) is 1. The van der Waals surface area contributed by atoms with Gasteiger partial charge in [-0.3, -0.25) is 4.79 Å². The highest BCUT2D eigenvalue weighted by molar-refractivity contribution is 5.87. The number of piperazine rings is 1. The Labute approximate surface area is 101 Å². The van der Waals surface area contributed by atoms with Gasteiger partial charge in [0.05, 0.1) is 5.69 Å². The van der Waals surface area contributed by atoms with Crippen molar-refractivity contribution in [2.45, 2.75) is 26.3 Å². The molecule has 1 aliphatic rings. The zero-order chi connectivity index (χ0) is 12.4. The van der Waals surface area contributed by atoms with Crippen molar-refractivity contribution in [2.75, 3.05) is 23.7 Å². The summed E-state index contributed by atoms with van der Waals surface area (Å²) in [5.41, 5.74) is 7.70. The van der Waals surface area contributed by atoms with Gasteiger partial charge in [0.15, 0.2) is 5.82 Å². The number of carbonyl (C=O) groups excluding carboxylic acids is 1. The van der Waals surface area contributed by atoms with E-state index in [1.54, 1.807) is 6.20 Å². The van der Waals surface area contributed by atoms with Crippen LogP contribution in [0.2, 0.25) is 0 Å². The first-order valence-corrected chi connectivity index (χ1v) is 5.90. The number of hydrogen-bond acceptors (Lipinski definition) is 4. The van der Waals surface area contributed by atoms with Gasteiger partial charge in [-0.1, -0.05) is 6.92 Å². The minimum Gasteiger partial charge on any atom is -0.396 e. The Bertz CT molecular complexity index is 433. The highest BCUT2D eigenvalue weighted by Gasteiger charge is 2.30. The van der Waals surface area contributed by atoms with E-state index in [9.17, 15) is 4.79 Å². The molecule has 3 N–H and O–H groups in total. The Morgan fingerprint density at radius 1 is 1.65 bits per heavy atom. The molecule has 1 aromatic rings. The lowest BCUT2D eigenvalue weighted by molar-refractivity contribution is -0.123. The van der Waals surface area contributed by atoms with Crippen LogP contribution in [0.5, 0.6) is 0 Å². The van der Waals surface area contributed by atoms with Crippen molar-refractivity contribution in [3.05, 3.63) is 17.8 Å². The molecule has 1 aliphatic heterocycles. The maximum absolute atomic E-state index is 11.8. The van der Waals surface area contributed by atoms with Gasteiger partial charge in [-0.2, -0.15) is 0 Å². The molecule has 1 aromatic heterocycles. The summed E-state index contributed by atoms with van der Waals surface area (Å²) in [5.74, 6) is 0.785. The van der Waals surface area contributed by atoms with Gasteiger partial charge in [0.2, 0.25) is 5.91 Å². The monoisotopic (exact) mass is 234 g/mol. The third-order valence-corrected chi connectivity index (χ3v) is 3.18. The largest absolute Gasteiger partial charge is 0.396 e. The fraction of sp³-hybridized carbons (Fsp3) is 0.500. The summed E-state index contributed by atoms with van der Waals surface area (Å²) in [7, 11) is 0. The van der Waals surface area contributed by atoms with Crippen molar-refractivity contribution in [2.24, 2.45) is 0 Å². The number of amides is 1. The SMILES string of the molecule is CCC1C(=O)NCCN1c1nccc(C)c1N. The number of aromatic nitrogens is 1. The van der Waals surface area contributed by atoms with Gasteiger partial charge in [0, 0.05) is 19.3 Å². The molecule has 0 radical (unpaired) electrons. The average Bonchev–Trinajstić information content (AvgIpc) is 2.32. The molecule has 0 bridgehead atoms. The Hall–Kier alpha value is -1.78. The van der Waals surface area contributed by atoms with Gasteiger partial charge < -0.3 is 16.0 Å². The summed E-state index contributed by atoms with van der Waals surface area (Å²) in [5, 5.41) is 2.87. The predicted molar refractivity (Wildman–Crippen MR) is 67.8 cm³/mol. The molecule has 5 nitrogen and oxygen atoms in total. The van der Waals surface area contributed by atoms with Gasteiger partial charge >= 0.3 is 0 Å². The number of hydrogen-bond donors (Lipinski definition) is 2. The van der Waals surface area contributed by atoms with E-state index in [1.165, 1.54) is 0 Å². The van der Waals surface area contributed by atoms with Crippen molar-refractivity contribution in [1.29, 1.82) is 0 Å². The Morgan fingerprint density at radius 3 is 3.12 bits per heavy atom. The van der Waals surface area contributed by atoms with Crippen LogP contribution in [-0.4, -0.2) is 30.0 Å². The quantitative estimate of drug-likeness (QED) is 0.789. The molecule has 1 saturated heterocycles. The van der Waals surface area contributed by atoms with Crippen LogP contribution in [0.25, 0.3) is 0 Å². The minimum absolute atomic E-state index is 0.0569. The standard InChI is InChI=1S/C12H18N4O/c1-3-9-12(17)15-6-7-16(9)11-10(13)8(2)4-5-14-11/h4-5,9H,3,6-7,13H2,1-2H3,(H,15,17). The summed E-state index contributed by atoms with van der Waals surface area (Å²) in [4.78, 5) is 18.1. The van der Waals surface area contributed by atoms with Crippen LogP contribution in [-0.2, 0) is 4.79 Å². The molecule has 0 saturated carbocycles. The minimum atomic E-state index is -0.166. The summed E-state index contributed by atoms with van der Waals surface area (Å²) < 4.78 is 0. The number of carbonyl (C=O) groups is 1. The molecule has 0 spiro atoms. The first kappa shape index (κ1) is 11.7. The molecule has 1 atom stereocenters. The zero-order valence-electron chi connectivity index (χ0n) is 10.2. The first-order chi connectivity index (χ1) is 8.15. The molecule has 1 unspecified atom stereocenters. The molecule has 0 aromatic carbocycles. The number of rotatable bonds is 2.